The van der Waals surface area contributed by atoms with E-state index < -0.39 is 15.6 Å². The van der Waals surface area contributed by atoms with Gasteiger partial charge in [0.1, 0.15) is 4.90 Å². The fourth-order valence-corrected chi connectivity index (χ4v) is 4.18. The Kier molecular flexibility index (Phi) is 4.92. The Balaban J connectivity index is 3.30. The van der Waals surface area contributed by atoms with Gasteiger partial charge in [0, 0.05) is 5.02 Å². The Hall–Kier alpha value is -0.0400. The molecular weight excluding hydrogens is 321 g/mol. The third-order valence-electron chi connectivity index (χ3n) is 2.04. The molecule has 1 aromatic carbocycles. The van der Waals surface area contributed by atoms with E-state index in [0.717, 1.165) is 0 Å². The van der Waals surface area contributed by atoms with Gasteiger partial charge in [-0.2, -0.15) is 0 Å². The van der Waals surface area contributed by atoms with Gasteiger partial charge in [0.15, 0.2) is 0 Å². The number of hydrogen-bond acceptors (Lipinski definition) is 3. The molecule has 0 aliphatic carbocycles. The SMILES string of the molecule is CC(C)(CO)NS(=O)(=O)c1c(Cl)cc(Cl)cc1Cl. The van der Waals surface area contributed by atoms with Crippen LogP contribution < -0.4 is 4.72 Å². The zero-order valence-electron chi connectivity index (χ0n) is 9.67. The van der Waals surface area contributed by atoms with Crippen LogP contribution in [-0.2, 0) is 10.0 Å². The van der Waals surface area contributed by atoms with Crippen LogP contribution >= 0.6 is 34.8 Å². The maximum atomic E-state index is 12.1. The molecule has 102 valence electrons. The molecule has 0 radical (unpaired) electrons. The van der Waals surface area contributed by atoms with Crippen LogP contribution in [0, 0.1) is 0 Å². The van der Waals surface area contributed by atoms with E-state index >= 15 is 0 Å². The highest BCUT2D eigenvalue weighted by Gasteiger charge is 2.29. The van der Waals surface area contributed by atoms with Crippen molar-refractivity contribution in [3.63, 3.8) is 0 Å². The number of hydrogen-bond donors (Lipinski definition) is 2. The Morgan fingerprint density at radius 1 is 1.22 bits per heavy atom. The summed E-state index contributed by atoms with van der Waals surface area (Å²) in [5.74, 6) is 0. The van der Waals surface area contributed by atoms with Gasteiger partial charge >= 0.3 is 0 Å². The van der Waals surface area contributed by atoms with Gasteiger partial charge in [-0.1, -0.05) is 34.8 Å². The molecule has 0 atom stereocenters. The third-order valence-corrected chi connectivity index (χ3v) is 4.87. The highest BCUT2D eigenvalue weighted by molar-refractivity contribution is 7.89. The first-order chi connectivity index (χ1) is 8.09. The Morgan fingerprint density at radius 2 is 1.67 bits per heavy atom. The molecule has 8 heteroatoms. The van der Waals surface area contributed by atoms with E-state index in [-0.39, 0.29) is 26.6 Å². The van der Waals surface area contributed by atoms with Gasteiger partial charge in [-0.25, -0.2) is 13.1 Å². The molecular formula is C10H12Cl3NO3S. The molecule has 0 saturated heterocycles. The highest BCUT2D eigenvalue weighted by Crippen LogP contribution is 2.33. The average Bonchev–Trinajstić information content (AvgIpc) is 2.13. The van der Waals surface area contributed by atoms with Crippen LogP contribution in [0.1, 0.15) is 13.8 Å². The first-order valence-corrected chi connectivity index (χ1v) is 7.50. The molecule has 1 aromatic rings. The van der Waals surface area contributed by atoms with Gasteiger partial charge in [0.2, 0.25) is 10.0 Å². The molecule has 0 fully saturated rings. The van der Waals surface area contributed by atoms with Gasteiger partial charge in [0.05, 0.1) is 22.2 Å². The maximum Gasteiger partial charge on any atom is 0.244 e. The van der Waals surface area contributed by atoms with Crippen molar-refractivity contribution in [3.05, 3.63) is 27.2 Å². The first kappa shape index (κ1) is 16.0. The van der Waals surface area contributed by atoms with E-state index in [1.165, 1.54) is 26.0 Å². The minimum atomic E-state index is -3.94. The summed E-state index contributed by atoms with van der Waals surface area (Å²) in [7, 11) is -3.94. The van der Waals surface area contributed by atoms with E-state index in [4.69, 9.17) is 39.9 Å². The van der Waals surface area contributed by atoms with Crippen LogP contribution in [0.3, 0.4) is 0 Å². The second kappa shape index (κ2) is 5.53. The van der Waals surface area contributed by atoms with Crippen molar-refractivity contribution < 1.29 is 13.5 Å². The van der Waals surface area contributed by atoms with Crippen molar-refractivity contribution in [2.24, 2.45) is 0 Å². The predicted molar refractivity (Wildman–Crippen MR) is 73.0 cm³/mol. The Bertz CT molecular complexity index is 534. The van der Waals surface area contributed by atoms with Gasteiger partial charge in [-0.15, -0.1) is 0 Å². The van der Waals surface area contributed by atoms with Gasteiger partial charge in [0.25, 0.3) is 0 Å². The quantitative estimate of drug-likeness (QED) is 0.891. The lowest BCUT2D eigenvalue weighted by atomic mass is 10.1. The lowest BCUT2D eigenvalue weighted by molar-refractivity contribution is 0.208. The lowest BCUT2D eigenvalue weighted by Gasteiger charge is -2.23. The molecule has 0 amide bonds. The van der Waals surface area contributed by atoms with Crippen LogP contribution in [0.25, 0.3) is 0 Å². The van der Waals surface area contributed by atoms with Gasteiger partial charge < -0.3 is 5.11 Å². The van der Waals surface area contributed by atoms with Crippen molar-refractivity contribution in [1.82, 2.24) is 4.72 Å². The molecule has 0 saturated carbocycles. The largest absolute Gasteiger partial charge is 0.394 e. The number of benzene rings is 1. The van der Waals surface area contributed by atoms with E-state index in [9.17, 15) is 8.42 Å². The van der Waals surface area contributed by atoms with Crippen molar-refractivity contribution in [2.75, 3.05) is 6.61 Å². The molecule has 0 aliphatic heterocycles. The van der Waals surface area contributed by atoms with Crippen LogP contribution in [-0.4, -0.2) is 25.7 Å². The highest BCUT2D eigenvalue weighted by atomic mass is 35.5. The number of rotatable bonds is 4. The van der Waals surface area contributed by atoms with E-state index in [1.807, 2.05) is 0 Å². The molecule has 0 aliphatic rings. The van der Waals surface area contributed by atoms with Crippen LogP contribution in [0.4, 0.5) is 0 Å². The van der Waals surface area contributed by atoms with E-state index in [2.05, 4.69) is 4.72 Å². The zero-order chi connectivity index (χ0) is 14.1. The molecule has 2 N–H and O–H groups in total. The summed E-state index contributed by atoms with van der Waals surface area (Å²) in [5.41, 5.74) is -1.02. The van der Waals surface area contributed by atoms with Crippen molar-refractivity contribution in [1.29, 1.82) is 0 Å². The fourth-order valence-electron chi connectivity index (χ4n) is 1.23. The third kappa shape index (κ3) is 3.73. The monoisotopic (exact) mass is 331 g/mol. The Labute approximate surface area is 121 Å². The minimum Gasteiger partial charge on any atom is -0.394 e. The van der Waals surface area contributed by atoms with Crippen molar-refractivity contribution in [3.8, 4) is 0 Å². The topological polar surface area (TPSA) is 66.4 Å². The second-order valence-corrected chi connectivity index (χ2v) is 7.22. The summed E-state index contributed by atoms with van der Waals surface area (Å²) in [5, 5.41) is 9.16. The first-order valence-electron chi connectivity index (χ1n) is 4.88. The van der Waals surface area contributed by atoms with Gasteiger partial charge in [-0.3, -0.25) is 0 Å². The van der Waals surface area contributed by atoms with E-state index in [0.29, 0.717) is 0 Å². The summed E-state index contributed by atoms with van der Waals surface area (Å²) < 4.78 is 26.6. The number of halogens is 3. The molecule has 4 nitrogen and oxygen atoms in total. The lowest BCUT2D eigenvalue weighted by Crippen LogP contribution is -2.46. The molecule has 0 bridgehead atoms. The summed E-state index contributed by atoms with van der Waals surface area (Å²) in [4.78, 5) is -0.253. The molecule has 18 heavy (non-hydrogen) atoms. The normalized spacial score (nSPS) is 12.8. The molecule has 0 heterocycles. The average molecular weight is 333 g/mol. The number of aliphatic hydroxyl groups excluding tert-OH is 1. The summed E-state index contributed by atoms with van der Waals surface area (Å²) >= 11 is 17.4. The fraction of sp³-hybridized carbons (Fsp3) is 0.400. The number of sulfonamides is 1. The number of aliphatic hydroxyl groups is 1. The predicted octanol–water partition coefficient (Wildman–Crippen LogP) is 2.70. The second-order valence-electron chi connectivity index (χ2n) is 4.35. The number of nitrogens with one attached hydrogen (secondary N) is 1. The van der Waals surface area contributed by atoms with Crippen LogP contribution in [0.5, 0.6) is 0 Å². The summed E-state index contributed by atoms with van der Waals surface area (Å²) in [6, 6.07) is 2.57. The maximum absolute atomic E-state index is 12.1. The van der Waals surface area contributed by atoms with Crippen molar-refractivity contribution in [2.45, 2.75) is 24.3 Å². The van der Waals surface area contributed by atoms with E-state index in [1.54, 1.807) is 0 Å². The van der Waals surface area contributed by atoms with Crippen LogP contribution in [0.2, 0.25) is 15.1 Å². The minimum absolute atomic E-state index is 0.0752. The summed E-state index contributed by atoms with van der Waals surface area (Å²) in [6.45, 7) is 2.69. The molecule has 0 aromatic heterocycles. The van der Waals surface area contributed by atoms with Crippen molar-refractivity contribution >= 4 is 44.8 Å². The zero-order valence-corrected chi connectivity index (χ0v) is 12.8. The Morgan fingerprint density at radius 3 is 2.06 bits per heavy atom. The molecule has 0 spiro atoms. The molecule has 0 unspecified atom stereocenters. The standard InChI is InChI=1S/C10H12Cl3NO3S/c1-10(2,5-15)14-18(16,17)9-7(12)3-6(11)4-8(9)13/h3-4,14-15H,5H2,1-2H3. The molecule has 1 rings (SSSR count). The van der Waals surface area contributed by atoms with Crippen LogP contribution in [0.15, 0.2) is 17.0 Å². The smallest absolute Gasteiger partial charge is 0.244 e. The summed E-state index contributed by atoms with van der Waals surface area (Å²) in [6.07, 6.45) is 0. The van der Waals surface area contributed by atoms with Gasteiger partial charge in [-0.05, 0) is 26.0 Å².